The zero-order valence-corrected chi connectivity index (χ0v) is 9.82. The van der Waals surface area contributed by atoms with Gasteiger partial charge in [-0.25, -0.2) is 4.98 Å². The summed E-state index contributed by atoms with van der Waals surface area (Å²) in [4.78, 5) is 6.08. The molecule has 2 heterocycles. The smallest absolute Gasteiger partial charge is 0.146 e. The van der Waals surface area contributed by atoms with E-state index in [1.54, 1.807) is 19.2 Å². The zero-order chi connectivity index (χ0) is 11.1. The molecule has 0 aromatic carbocycles. The first-order valence-electron chi connectivity index (χ1n) is 4.55. The molecule has 1 aromatic rings. The lowest BCUT2D eigenvalue weighted by Gasteiger charge is -2.45. The van der Waals surface area contributed by atoms with Gasteiger partial charge in [-0.2, -0.15) is 5.26 Å². The van der Waals surface area contributed by atoms with Crippen molar-refractivity contribution in [2.75, 3.05) is 18.0 Å². The molecule has 5 heteroatoms. The van der Waals surface area contributed by atoms with Gasteiger partial charge in [0.15, 0.2) is 0 Å². The van der Waals surface area contributed by atoms with E-state index >= 15 is 0 Å². The minimum absolute atomic E-state index is 0.524. The summed E-state index contributed by atoms with van der Waals surface area (Å²) in [6.07, 6.45) is 1.66. The highest BCUT2D eigenvalue weighted by molar-refractivity contribution is 9.10. The average molecular weight is 268 g/mol. The number of nitrogens with zero attached hydrogens (tertiary/aromatic N) is 3. The Morgan fingerprint density at radius 1 is 1.67 bits per heavy atom. The number of halogens is 1. The van der Waals surface area contributed by atoms with Crippen LogP contribution in [0.2, 0.25) is 0 Å². The van der Waals surface area contributed by atoms with Gasteiger partial charge in [-0.15, -0.1) is 0 Å². The minimum Gasteiger partial charge on any atom is -0.386 e. The van der Waals surface area contributed by atoms with Gasteiger partial charge in [0, 0.05) is 23.8 Å². The SMILES string of the molecule is CC1(O)CN(c2ncc(Br)cc2C#N)C1. The highest BCUT2D eigenvalue weighted by atomic mass is 79.9. The Kier molecular flexibility index (Phi) is 2.41. The van der Waals surface area contributed by atoms with Crippen molar-refractivity contribution in [3.8, 4) is 6.07 Å². The summed E-state index contributed by atoms with van der Waals surface area (Å²) in [6.45, 7) is 2.82. The van der Waals surface area contributed by atoms with E-state index < -0.39 is 5.60 Å². The summed E-state index contributed by atoms with van der Waals surface area (Å²) >= 11 is 3.27. The molecule has 1 saturated heterocycles. The van der Waals surface area contributed by atoms with Gasteiger partial charge in [-0.3, -0.25) is 0 Å². The molecule has 1 N–H and O–H groups in total. The average Bonchev–Trinajstić information content (AvgIpc) is 2.14. The molecule has 0 aliphatic carbocycles. The van der Waals surface area contributed by atoms with Crippen LogP contribution >= 0.6 is 15.9 Å². The first-order valence-corrected chi connectivity index (χ1v) is 5.34. The van der Waals surface area contributed by atoms with Gasteiger partial charge in [-0.1, -0.05) is 0 Å². The molecule has 0 unspecified atom stereocenters. The summed E-state index contributed by atoms with van der Waals surface area (Å²) in [5, 5.41) is 18.5. The number of pyridine rings is 1. The Balaban J connectivity index is 2.27. The van der Waals surface area contributed by atoms with Crippen molar-refractivity contribution in [2.45, 2.75) is 12.5 Å². The number of aromatic nitrogens is 1. The van der Waals surface area contributed by atoms with Crippen LogP contribution in [0.25, 0.3) is 0 Å². The largest absolute Gasteiger partial charge is 0.386 e. The highest BCUT2D eigenvalue weighted by Gasteiger charge is 2.38. The van der Waals surface area contributed by atoms with Gasteiger partial charge < -0.3 is 10.0 Å². The molecule has 15 heavy (non-hydrogen) atoms. The summed E-state index contributed by atoms with van der Waals surface area (Å²) in [5.74, 6) is 0.646. The van der Waals surface area contributed by atoms with E-state index in [-0.39, 0.29) is 0 Å². The maximum Gasteiger partial charge on any atom is 0.146 e. The van der Waals surface area contributed by atoms with E-state index in [9.17, 15) is 5.11 Å². The van der Waals surface area contributed by atoms with Crippen molar-refractivity contribution in [3.05, 3.63) is 22.3 Å². The predicted molar refractivity (Wildman–Crippen MR) is 59.5 cm³/mol. The minimum atomic E-state index is -0.651. The van der Waals surface area contributed by atoms with Crippen LogP contribution in [0.5, 0.6) is 0 Å². The summed E-state index contributed by atoms with van der Waals surface area (Å²) in [7, 11) is 0. The summed E-state index contributed by atoms with van der Waals surface area (Å²) in [6, 6.07) is 3.83. The zero-order valence-electron chi connectivity index (χ0n) is 8.24. The third-order valence-corrected chi connectivity index (χ3v) is 2.75. The van der Waals surface area contributed by atoms with Crippen molar-refractivity contribution in [1.82, 2.24) is 4.98 Å². The maximum absolute atomic E-state index is 9.60. The van der Waals surface area contributed by atoms with Crippen LogP contribution in [0.1, 0.15) is 12.5 Å². The molecule has 1 aliphatic rings. The second kappa shape index (κ2) is 3.47. The molecule has 0 radical (unpaired) electrons. The van der Waals surface area contributed by atoms with Crippen molar-refractivity contribution >= 4 is 21.7 Å². The highest BCUT2D eigenvalue weighted by Crippen LogP contribution is 2.29. The summed E-state index contributed by atoms with van der Waals surface area (Å²) < 4.78 is 0.787. The molecular formula is C10H10BrN3O. The number of rotatable bonds is 1. The molecule has 0 atom stereocenters. The lowest BCUT2D eigenvalue weighted by molar-refractivity contribution is 0.0305. The second-order valence-electron chi connectivity index (χ2n) is 3.99. The third kappa shape index (κ3) is 1.96. The first kappa shape index (κ1) is 10.4. The van der Waals surface area contributed by atoms with E-state index in [0.717, 1.165) is 4.47 Å². The van der Waals surface area contributed by atoms with Crippen molar-refractivity contribution < 1.29 is 5.11 Å². The molecule has 0 saturated carbocycles. The van der Waals surface area contributed by atoms with Crippen LogP contribution < -0.4 is 4.90 Å². The Bertz CT molecular complexity index is 431. The van der Waals surface area contributed by atoms with Crippen LogP contribution in [-0.4, -0.2) is 28.8 Å². The van der Waals surface area contributed by atoms with E-state index in [1.807, 2.05) is 4.90 Å². The van der Waals surface area contributed by atoms with Gasteiger partial charge in [-0.05, 0) is 28.9 Å². The van der Waals surface area contributed by atoms with Gasteiger partial charge in [0.05, 0.1) is 11.2 Å². The van der Waals surface area contributed by atoms with Crippen molar-refractivity contribution in [1.29, 1.82) is 5.26 Å². The van der Waals surface area contributed by atoms with Gasteiger partial charge in [0.2, 0.25) is 0 Å². The monoisotopic (exact) mass is 267 g/mol. The predicted octanol–water partition coefficient (Wildman–Crippen LogP) is 1.29. The van der Waals surface area contributed by atoms with Gasteiger partial charge in [0.1, 0.15) is 11.9 Å². The Morgan fingerprint density at radius 3 is 2.87 bits per heavy atom. The fourth-order valence-electron chi connectivity index (χ4n) is 1.69. The number of β-amino-alcohol motifs (C(OH)–C–C–N with tert-alkyl or cyclic N) is 1. The van der Waals surface area contributed by atoms with Crippen LogP contribution in [0.4, 0.5) is 5.82 Å². The van der Waals surface area contributed by atoms with Crippen LogP contribution in [0, 0.1) is 11.3 Å². The van der Waals surface area contributed by atoms with Gasteiger partial charge >= 0.3 is 0 Å². The third-order valence-electron chi connectivity index (χ3n) is 2.32. The molecule has 1 aliphatic heterocycles. The molecule has 0 spiro atoms. The lowest BCUT2D eigenvalue weighted by atomic mass is 9.96. The number of hydrogen-bond acceptors (Lipinski definition) is 4. The maximum atomic E-state index is 9.60. The number of nitriles is 1. The molecule has 0 amide bonds. The normalized spacial score (nSPS) is 18.1. The Hall–Kier alpha value is -1.12. The van der Waals surface area contributed by atoms with E-state index in [1.165, 1.54) is 0 Å². The molecule has 1 fully saturated rings. The Morgan fingerprint density at radius 2 is 2.33 bits per heavy atom. The second-order valence-corrected chi connectivity index (χ2v) is 4.91. The van der Waals surface area contributed by atoms with E-state index in [0.29, 0.717) is 24.5 Å². The van der Waals surface area contributed by atoms with Gasteiger partial charge in [0.25, 0.3) is 0 Å². The van der Waals surface area contributed by atoms with Crippen LogP contribution in [0.3, 0.4) is 0 Å². The first-order chi connectivity index (χ1) is 7.02. The molecule has 4 nitrogen and oxygen atoms in total. The van der Waals surface area contributed by atoms with Crippen LogP contribution in [0.15, 0.2) is 16.7 Å². The Labute approximate surface area is 96.3 Å². The van der Waals surface area contributed by atoms with Crippen LogP contribution in [-0.2, 0) is 0 Å². The standard InChI is InChI=1S/C10H10BrN3O/c1-10(15)5-14(6-10)9-7(3-12)2-8(11)4-13-9/h2,4,15H,5-6H2,1H3. The van der Waals surface area contributed by atoms with Crippen molar-refractivity contribution in [3.63, 3.8) is 0 Å². The molecule has 78 valence electrons. The lowest BCUT2D eigenvalue weighted by Crippen LogP contribution is -2.60. The number of hydrogen-bond donors (Lipinski definition) is 1. The number of anilines is 1. The topological polar surface area (TPSA) is 60.1 Å². The van der Waals surface area contributed by atoms with E-state index in [2.05, 4.69) is 27.0 Å². The molecule has 1 aromatic heterocycles. The van der Waals surface area contributed by atoms with Crippen molar-refractivity contribution in [2.24, 2.45) is 0 Å². The van der Waals surface area contributed by atoms with E-state index in [4.69, 9.17) is 5.26 Å². The molecular weight excluding hydrogens is 258 g/mol. The number of aliphatic hydroxyl groups is 1. The fourth-order valence-corrected chi connectivity index (χ4v) is 2.02. The molecule has 0 bridgehead atoms. The quantitative estimate of drug-likeness (QED) is 0.833. The summed E-state index contributed by atoms with van der Waals surface area (Å²) in [5.41, 5.74) is -0.124. The molecule has 2 rings (SSSR count). The fraction of sp³-hybridized carbons (Fsp3) is 0.400.